The molecule has 18 heavy (non-hydrogen) atoms. The van der Waals surface area contributed by atoms with Crippen molar-refractivity contribution in [3.05, 3.63) is 0 Å². The summed E-state index contributed by atoms with van der Waals surface area (Å²) in [5.74, 6) is -0.269. The van der Waals surface area contributed by atoms with Crippen molar-refractivity contribution in [1.82, 2.24) is 15.1 Å². The lowest BCUT2D eigenvalue weighted by molar-refractivity contribution is -0.124. The fraction of sp³-hybridized carbons (Fsp3) is 0.923. The summed E-state index contributed by atoms with van der Waals surface area (Å²) < 4.78 is 0. The minimum absolute atomic E-state index is 0.269. The lowest BCUT2D eigenvalue weighted by atomic mass is 10.0. The van der Waals surface area contributed by atoms with Crippen LogP contribution in [0.3, 0.4) is 0 Å². The maximum Gasteiger partial charge on any atom is 0.238 e. The molecule has 2 aliphatic heterocycles. The Morgan fingerprint density at radius 3 is 2.61 bits per heavy atom. The van der Waals surface area contributed by atoms with E-state index < -0.39 is 5.54 Å². The molecule has 2 heterocycles. The predicted octanol–water partition coefficient (Wildman–Crippen LogP) is -0.380. The number of likely N-dealkylation sites (N-methyl/N-ethyl adjacent to an activating group) is 1. The molecule has 104 valence electrons. The number of nitrogens with one attached hydrogen (secondary N) is 1. The Labute approximate surface area is 110 Å². The first-order chi connectivity index (χ1) is 8.55. The van der Waals surface area contributed by atoms with Crippen molar-refractivity contribution in [2.24, 2.45) is 5.73 Å². The highest BCUT2D eigenvalue weighted by Gasteiger charge is 2.36. The molecule has 0 radical (unpaired) electrons. The quantitative estimate of drug-likeness (QED) is 0.702. The van der Waals surface area contributed by atoms with Crippen LogP contribution in [0.15, 0.2) is 0 Å². The zero-order chi connectivity index (χ0) is 13.2. The molecule has 1 amide bonds. The molecule has 2 saturated heterocycles. The Hall–Kier alpha value is -0.650. The van der Waals surface area contributed by atoms with Crippen LogP contribution in [0.1, 0.15) is 26.2 Å². The van der Waals surface area contributed by atoms with Gasteiger partial charge in [-0.1, -0.05) is 0 Å². The molecule has 2 rings (SSSR count). The Kier molecular flexibility index (Phi) is 4.25. The Morgan fingerprint density at radius 1 is 1.39 bits per heavy atom. The molecule has 0 aromatic rings. The topological polar surface area (TPSA) is 61.6 Å². The highest BCUT2D eigenvalue weighted by molar-refractivity contribution is 5.84. The van der Waals surface area contributed by atoms with Crippen molar-refractivity contribution in [2.45, 2.75) is 37.8 Å². The second-order valence-corrected chi connectivity index (χ2v) is 5.87. The zero-order valence-electron chi connectivity index (χ0n) is 11.6. The Balaban J connectivity index is 1.86. The predicted molar refractivity (Wildman–Crippen MR) is 72.3 cm³/mol. The summed E-state index contributed by atoms with van der Waals surface area (Å²) >= 11 is 0. The van der Waals surface area contributed by atoms with Crippen molar-refractivity contribution in [3.8, 4) is 0 Å². The summed E-state index contributed by atoms with van der Waals surface area (Å²) in [4.78, 5) is 16.5. The number of hydrogen-bond acceptors (Lipinski definition) is 4. The summed E-state index contributed by atoms with van der Waals surface area (Å²) in [6.07, 6.45) is 3.90. The molecule has 0 aliphatic carbocycles. The minimum Gasteiger partial charge on any atom is -0.368 e. The van der Waals surface area contributed by atoms with Gasteiger partial charge < -0.3 is 11.1 Å². The first-order valence-corrected chi connectivity index (χ1v) is 7.00. The van der Waals surface area contributed by atoms with Gasteiger partial charge >= 0.3 is 0 Å². The second-order valence-electron chi connectivity index (χ2n) is 5.87. The van der Waals surface area contributed by atoms with E-state index in [1.807, 2.05) is 6.92 Å². The van der Waals surface area contributed by atoms with Crippen LogP contribution in [0, 0.1) is 0 Å². The van der Waals surface area contributed by atoms with E-state index in [9.17, 15) is 4.79 Å². The molecule has 0 saturated carbocycles. The molecule has 0 bridgehead atoms. The number of primary amides is 1. The average molecular weight is 254 g/mol. The maximum absolute atomic E-state index is 11.5. The number of amides is 1. The van der Waals surface area contributed by atoms with Gasteiger partial charge in [0.1, 0.15) is 5.54 Å². The summed E-state index contributed by atoms with van der Waals surface area (Å²) in [5.41, 5.74) is 4.87. The molecule has 0 aromatic carbocycles. The Morgan fingerprint density at radius 2 is 2.06 bits per heavy atom. The van der Waals surface area contributed by atoms with E-state index in [0.717, 1.165) is 13.1 Å². The van der Waals surface area contributed by atoms with Gasteiger partial charge in [-0.25, -0.2) is 0 Å². The van der Waals surface area contributed by atoms with Crippen molar-refractivity contribution in [3.63, 3.8) is 0 Å². The normalized spacial score (nSPS) is 29.6. The summed E-state index contributed by atoms with van der Waals surface area (Å²) in [7, 11) is 1.80. The molecular formula is C13H26N4O. The number of nitrogens with zero attached hydrogens (tertiary/aromatic N) is 2. The van der Waals surface area contributed by atoms with Crippen molar-refractivity contribution < 1.29 is 4.79 Å². The zero-order valence-corrected chi connectivity index (χ0v) is 11.6. The monoisotopic (exact) mass is 254 g/mol. The van der Waals surface area contributed by atoms with Gasteiger partial charge in [0.25, 0.3) is 0 Å². The summed E-state index contributed by atoms with van der Waals surface area (Å²) in [6.45, 7) is 7.24. The molecule has 0 spiro atoms. The van der Waals surface area contributed by atoms with E-state index in [0.29, 0.717) is 12.6 Å². The van der Waals surface area contributed by atoms with Gasteiger partial charge in [-0.2, -0.15) is 0 Å². The van der Waals surface area contributed by atoms with E-state index in [-0.39, 0.29) is 5.91 Å². The van der Waals surface area contributed by atoms with Gasteiger partial charge in [-0.05, 0) is 52.9 Å². The van der Waals surface area contributed by atoms with Crippen LogP contribution in [0.2, 0.25) is 0 Å². The molecule has 5 heteroatoms. The van der Waals surface area contributed by atoms with Gasteiger partial charge in [0, 0.05) is 19.1 Å². The van der Waals surface area contributed by atoms with Crippen molar-refractivity contribution >= 4 is 5.91 Å². The van der Waals surface area contributed by atoms with Crippen molar-refractivity contribution in [1.29, 1.82) is 0 Å². The molecule has 0 aromatic heterocycles. The molecular weight excluding hydrogens is 228 g/mol. The maximum atomic E-state index is 11.5. The van der Waals surface area contributed by atoms with Gasteiger partial charge in [0.15, 0.2) is 0 Å². The summed E-state index contributed by atoms with van der Waals surface area (Å²) in [6, 6.07) is 0.682. The lowest BCUT2D eigenvalue weighted by Crippen LogP contribution is -2.58. The van der Waals surface area contributed by atoms with Crippen LogP contribution < -0.4 is 11.1 Å². The van der Waals surface area contributed by atoms with Crippen LogP contribution in [-0.4, -0.2) is 67.1 Å². The number of nitrogens with two attached hydrogens (primary N) is 1. The van der Waals surface area contributed by atoms with E-state index in [1.165, 1.54) is 32.4 Å². The standard InChI is InChI=1S/C13H26N4O/c1-13(15-2,12(14)18)10-16-8-5-11(9-16)17-6-3-4-7-17/h11,15H,3-10H2,1-2H3,(H2,14,18). The molecule has 2 aliphatic rings. The van der Waals surface area contributed by atoms with Gasteiger partial charge in [-0.15, -0.1) is 0 Å². The van der Waals surface area contributed by atoms with Crippen LogP contribution in [0.25, 0.3) is 0 Å². The highest BCUT2D eigenvalue weighted by atomic mass is 16.1. The molecule has 3 N–H and O–H groups in total. The molecule has 2 fully saturated rings. The third-order valence-corrected chi connectivity index (χ3v) is 4.54. The fourth-order valence-electron chi connectivity index (χ4n) is 3.09. The number of hydrogen-bond donors (Lipinski definition) is 2. The fourth-order valence-corrected chi connectivity index (χ4v) is 3.09. The van der Waals surface area contributed by atoms with Crippen LogP contribution in [0.4, 0.5) is 0 Å². The van der Waals surface area contributed by atoms with Gasteiger partial charge in [0.2, 0.25) is 5.91 Å². The summed E-state index contributed by atoms with van der Waals surface area (Å²) in [5, 5.41) is 3.06. The Bertz CT molecular complexity index is 303. The number of likely N-dealkylation sites (tertiary alicyclic amines) is 2. The smallest absolute Gasteiger partial charge is 0.238 e. The molecule has 5 nitrogen and oxygen atoms in total. The molecule has 2 atom stereocenters. The third kappa shape index (κ3) is 2.84. The van der Waals surface area contributed by atoms with E-state index in [2.05, 4.69) is 15.1 Å². The van der Waals surface area contributed by atoms with Gasteiger partial charge in [0.05, 0.1) is 0 Å². The highest BCUT2D eigenvalue weighted by Crippen LogP contribution is 2.21. The van der Waals surface area contributed by atoms with Crippen molar-refractivity contribution in [2.75, 3.05) is 39.8 Å². The van der Waals surface area contributed by atoms with E-state index in [1.54, 1.807) is 7.05 Å². The average Bonchev–Trinajstić information content (AvgIpc) is 2.97. The van der Waals surface area contributed by atoms with Crippen LogP contribution in [-0.2, 0) is 4.79 Å². The SMILES string of the molecule is CNC(C)(CN1CCC(N2CCCC2)C1)C(N)=O. The van der Waals surface area contributed by atoms with Crippen LogP contribution in [0.5, 0.6) is 0 Å². The van der Waals surface area contributed by atoms with E-state index >= 15 is 0 Å². The van der Waals surface area contributed by atoms with E-state index in [4.69, 9.17) is 5.73 Å². The third-order valence-electron chi connectivity index (χ3n) is 4.54. The first kappa shape index (κ1) is 13.8. The second kappa shape index (κ2) is 5.55. The largest absolute Gasteiger partial charge is 0.368 e. The number of rotatable bonds is 5. The molecule has 2 unspecified atom stereocenters. The number of carbonyl (C=O) groups is 1. The lowest BCUT2D eigenvalue weighted by Gasteiger charge is -2.31. The minimum atomic E-state index is -0.611. The first-order valence-electron chi connectivity index (χ1n) is 7.00. The van der Waals surface area contributed by atoms with Crippen LogP contribution >= 0.6 is 0 Å². The number of carbonyl (C=O) groups excluding carboxylic acids is 1. The van der Waals surface area contributed by atoms with Gasteiger partial charge in [-0.3, -0.25) is 14.6 Å².